The first-order valence-corrected chi connectivity index (χ1v) is 3.55. The Bertz CT molecular complexity index is 159. The Morgan fingerprint density at radius 3 is 2.90 bits per heavy atom. The summed E-state index contributed by atoms with van der Waals surface area (Å²) in [6.45, 7) is 0.832. The maximum Gasteiger partial charge on any atom is 0.210 e. The molecule has 2 nitrogen and oxygen atoms in total. The van der Waals surface area contributed by atoms with E-state index in [1.54, 1.807) is 4.90 Å². The third kappa shape index (κ3) is 1.30. The summed E-state index contributed by atoms with van der Waals surface area (Å²) in [5.41, 5.74) is 0. The number of rotatable bonds is 1. The zero-order valence-corrected chi connectivity index (χ0v) is 5.92. The molecule has 0 aliphatic carbocycles. The molecule has 0 N–H and O–H groups in total. The fourth-order valence-electron chi connectivity index (χ4n) is 1.26. The van der Waals surface area contributed by atoms with Crippen LogP contribution in [0.3, 0.4) is 0 Å². The van der Waals surface area contributed by atoms with Gasteiger partial charge in [0.15, 0.2) is 0 Å². The average molecular weight is 137 g/mol. The second-order valence-electron chi connectivity index (χ2n) is 2.52. The van der Waals surface area contributed by atoms with Crippen LogP contribution in [0, 0.1) is 12.3 Å². The van der Waals surface area contributed by atoms with Gasteiger partial charge in [0.05, 0.1) is 6.04 Å². The second kappa shape index (κ2) is 3.26. The molecule has 1 atom stereocenters. The Balaban J connectivity index is 2.51. The van der Waals surface area contributed by atoms with E-state index in [4.69, 9.17) is 6.42 Å². The topological polar surface area (TPSA) is 20.3 Å². The first-order valence-electron chi connectivity index (χ1n) is 3.55. The Hall–Kier alpha value is -0.970. The Kier molecular flexibility index (Phi) is 2.33. The van der Waals surface area contributed by atoms with Crippen molar-refractivity contribution in [2.75, 3.05) is 6.54 Å². The van der Waals surface area contributed by atoms with Gasteiger partial charge in [0.25, 0.3) is 0 Å². The first kappa shape index (κ1) is 7.14. The van der Waals surface area contributed by atoms with E-state index in [-0.39, 0.29) is 6.04 Å². The third-order valence-corrected chi connectivity index (χ3v) is 1.87. The molecule has 1 aliphatic rings. The molecule has 1 fully saturated rings. The van der Waals surface area contributed by atoms with Crippen molar-refractivity contribution >= 4 is 6.41 Å². The predicted octanol–water partition coefficient (Wildman–Crippen LogP) is 0.631. The average Bonchev–Trinajstić information content (AvgIpc) is 2.04. The summed E-state index contributed by atoms with van der Waals surface area (Å²) in [5, 5.41) is 0. The van der Waals surface area contributed by atoms with Gasteiger partial charge in [-0.3, -0.25) is 4.79 Å². The highest BCUT2D eigenvalue weighted by Gasteiger charge is 2.17. The van der Waals surface area contributed by atoms with Crippen LogP contribution in [-0.2, 0) is 4.79 Å². The van der Waals surface area contributed by atoms with Gasteiger partial charge in [0.2, 0.25) is 6.41 Å². The van der Waals surface area contributed by atoms with E-state index in [9.17, 15) is 4.79 Å². The van der Waals surface area contributed by atoms with Crippen molar-refractivity contribution in [3.63, 3.8) is 0 Å². The van der Waals surface area contributed by atoms with Gasteiger partial charge in [-0.1, -0.05) is 5.92 Å². The number of hydrogen-bond donors (Lipinski definition) is 0. The van der Waals surface area contributed by atoms with Crippen LogP contribution >= 0.6 is 0 Å². The molecule has 0 bridgehead atoms. The van der Waals surface area contributed by atoms with Crippen LogP contribution in [0.2, 0.25) is 0 Å². The van der Waals surface area contributed by atoms with Gasteiger partial charge >= 0.3 is 0 Å². The lowest BCUT2D eigenvalue weighted by Gasteiger charge is -2.28. The standard InChI is InChI=1S/C8H11NO/c1-2-8-5-3-4-6-9(8)7-10/h1,7-8H,3-6H2. The smallest absolute Gasteiger partial charge is 0.210 e. The van der Waals surface area contributed by atoms with E-state index in [1.807, 2.05) is 0 Å². The largest absolute Gasteiger partial charge is 0.331 e. The number of nitrogens with zero attached hydrogens (tertiary/aromatic N) is 1. The van der Waals surface area contributed by atoms with Gasteiger partial charge in [-0.15, -0.1) is 6.42 Å². The number of hydrogen-bond acceptors (Lipinski definition) is 1. The van der Waals surface area contributed by atoms with Crippen molar-refractivity contribution in [3.05, 3.63) is 0 Å². The Labute approximate surface area is 61.2 Å². The van der Waals surface area contributed by atoms with Crippen LogP contribution in [0.15, 0.2) is 0 Å². The maximum atomic E-state index is 10.4. The lowest BCUT2D eigenvalue weighted by atomic mass is 10.0. The van der Waals surface area contributed by atoms with Crippen molar-refractivity contribution in [3.8, 4) is 12.3 Å². The summed E-state index contributed by atoms with van der Waals surface area (Å²) in [6, 6.07) is 0.0613. The number of carbonyl (C=O) groups is 1. The molecule has 1 heterocycles. The second-order valence-corrected chi connectivity index (χ2v) is 2.52. The molecular weight excluding hydrogens is 126 g/mol. The zero-order chi connectivity index (χ0) is 7.40. The minimum absolute atomic E-state index is 0.0613. The Morgan fingerprint density at radius 2 is 2.40 bits per heavy atom. The van der Waals surface area contributed by atoms with Crippen LogP contribution in [0.5, 0.6) is 0 Å². The van der Waals surface area contributed by atoms with Crippen molar-refractivity contribution < 1.29 is 4.79 Å². The number of likely N-dealkylation sites (tertiary alicyclic amines) is 1. The molecule has 1 aliphatic heterocycles. The SMILES string of the molecule is C#CC1CCCCN1C=O. The lowest BCUT2D eigenvalue weighted by Crippen LogP contribution is -2.37. The van der Waals surface area contributed by atoms with Gasteiger partial charge in [0.1, 0.15) is 0 Å². The molecule has 1 rings (SSSR count). The number of amides is 1. The van der Waals surface area contributed by atoms with Crippen LogP contribution < -0.4 is 0 Å². The van der Waals surface area contributed by atoms with E-state index in [0.29, 0.717) is 0 Å². The van der Waals surface area contributed by atoms with Crippen molar-refractivity contribution in [2.24, 2.45) is 0 Å². The number of carbonyl (C=O) groups excluding carboxylic acids is 1. The van der Waals surface area contributed by atoms with Crippen molar-refractivity contribution in [2.45, 2.75) is 25.3 Å². The molecule has 0 spiro atoms. The minimum atomic E-state index is 0.0613. The van der Waals surface area contributed by atoms with Crippen LogP contribution in [-0.4, -0.2) is 23.9 Å². The molecule has 1 amide bonds. The summed E-state index contributed by atoms with van der Waals surface area (Å²) in [7, 11) is 0. The summed E-state index contributed by atoms with van der Waals surface area (Å²) >= 11 is 0. The predicted molar refractivity (Wildman–Crippen MR) is 39.2 cm³/mol. The molecule has 0 aromatic heterocycles. The van der Waals surface area contributed by atoms with E-state index >= 15 is 0 Å². The molecule has 10 heavy (non-hydrogen) atoms. The number of piperidine rings is 1. The molecule has 54 valence electrons. The highest BCUT2D eigenvalue weighted by molar-refractivity contribution is 5.49. The molecule has 2 heteroatoms. The van der Waals surface area contributed by atoms with Gasteiger partial charge in [-0.25, -0.2) is 0 Å². The zero-order valence-electron chi connectivity index (χ0n) is 5.92. The van der Waals surface area contributed by atoms with Gasteiger partial charge in [-0.05, 0) is 19.3 Å². The summed E-state index contributed by atoms with van der Waals surface area (Å²) < 4.78 is 0. The molecule has 1 unspecified atom stereocenters. The van der Waals surface area contributed by atoms with Crippen molar-refractivity contribution in [1.82, 2.24) is 4.90 Å². The van der Waals surface area contributed by atoms with Gasteiger partial charge in [-0.2, -0.15) is 0 Å². The number of terminal acetylenes is 1. The van der Waals surface area contributed by atoms with Crippen LogP contribution in [0.25, 0.3) is 0 Å². The van der Waals surface area contributed by atoms with Crippen molar-refractivity contribution in [1.29, 1.82) is 0 Å². The monoisotopic (exact) mass is 137 g/mol. The molecular formula is C8H11NO. The van der Waals surface area contributed by atoms with Gasteiger partial charge < -0.3 is 4.90 Å². The summed E-state index contributed by atoms with van der Waals surface area (Å²) in [4.78, 5) is 12.1. The summed E-state index contributed by atoms with van der Waals surface area (Å²) in [5.74, 6) is 2.60. The molecule has 0 saturated carbocycles. The van der Waals surface area contributed by atoms with Gasteiger partial charge in [0, 0.05) is 6.54 Å². The van der Waals surface area contributed by atoms with Crippen LogP contribution in [0.1, 0.15) is 19.3 Å². The fraction of sp³-hybridized carbons (Fsp3) is 0.625. The van der Waals surface area contributed by atoms with E-state index in [2.05, 4.69) is 5.92 Å². The highest BCUT2D eigenvalue weighted by Crippen LogP contribution is 2.13. The fourth-order valence-corrected chi connectivity index (χ4v) is 1.26. The summed E-state index contributed by atoms with van der Waals surface area (Å²) in [6.07, 6.45) is 9.28. The molecule has 1 saturated heterocycles. The van der Waals surface area contributed by atoms with Crippen LogP contribution in [0.4, 0.5) is 0 Å². The third-order valence-electron chi connectivity index (χ3n) is 1.87. The first-order chi connectivity index (χ1) is 4.88. The quantitative estimate of drug-likeness (QED) is 0.383. The lowest BCUT2D eigenvalue weighted by molar-refractivity contribution is -0.120. The minimum Gasteiger partial charge on any atom is -0.331 e. The highest BCUT2D eigenvalue weighted by atomic mass is 16.1. The Morgan fingerprint density at radius 1 is 1.60 bits per heavy atom. The molecule has 0 aromatic rings. The van der Waals surface area contributed by atoms with E-state index in [0.717, 1.165) is 32.2 Å². The molecule has 0 radical (unpaired) electrons. The van der Waals surface area contributed by atoms with E-state index < -0.39 is 0 Å². The van der Waals surface area contributed by atoms with E-state index in [1.165, 1.54) is 0 Å². The maximum absolute atomic E-state index is 10.4. The normalized spacial score (nSPS) is 25.5. The molecule has 0 aromatic carbocycles.